The Balaban J connectivity index is 1.76. The first-order valence-electron chi connectivity index (χ1n) is 12.4. The highest BCUT2D eigenvalue weighted by molar-refractivity contribution is 7.91. The molecule has 216 valence electrons. The van der Waals surface area contributed by atoms with Gasteiger partial charge >= 0.3 is 6.18 Å². The quantitative estimate of drug-likeness (QED) is 0.409. The summed E-state index contributed by atoms with van der Waals surface area (Å²) in [7, 11) is -3.67. The summed E-state index contributed by atoms with van der Waals surface area (Å²) in [4.78, 5) is 26.1. The zero-order valence-corrected chi connectivity index (χ0v) is 23.1. The smallest absolute Gasteiger partial charge is 0.422 e. The van der Waals surface area contributed by atoms with Gasteiger partial charge in [0.1, 0.15) is 22.9 Å². The maximum atomic E-state index is 13.6. The number of fused-ring (bicyclic) bond motifs is 1. The fourth-order valence-electron chi connectivity index (χ4n) is 4.70. The Hall–Kier alpha value is -4.38. The van der Waals surface area contributed by atoms with Crippen molar-refractivity contribution in [2.75, 3.05) is 23.9 Å². The van der Waals surface area contributed by atoms with Crippen LogP contribution in [-0.2, 0) is 33.1 Å². The average Bonchev–Trinajstić information content (AvgIpc) is 3.23. The number of carbonyl (C=O) groups is 2. The Kier molecular flexibility index (Phi) is 7.86. The molecule has 0 bridgehead atoms. The Bertz CT molecular complexity index is 1660. The number of hydrogen-bond acceptors (Lipinski definition) is 7. The third-order valence-corrected chi connectivity index (χ3v) is 7.21. The van der Waals surface area contributed by atoms with Gasteiger partial charge in [-0.2, -0.15) is 23.5 Å². The van der Waals surface area contributed by atoms with E-state index in [1.165, 1.54) is 28.9 Å². The Morgan fingerprint density at radius 1 is 1.24 bits per heavy atom. The first-order chi connectivity index (χ1) is 19.1. The SMILES string of the molecule is CCc1cc(OCC(F)(F)F)ccc1[C@@]1(C)Cn2nc(-c3ccc(C#N)cc3)c(NC(=O)CS(C)(=O)=O)c2C(=O)N1. The molecule has 1 atom stereocenters. The number of ether oxygens (including phenoxy) is 1. The third-order valence-electron chi connectivity index (χ3n) is 6.42. The van der Waals surface area contributed by atoms with Crippen molar-refractivity contribution in [2.24, 2.45) is 0 Å². The van der Waals surface area contributed by atoms with E-state index < -0.39 is 45.7 Å². The van der Waals surface area contributed by atoms with Crippen molar-refractivity contribution < 1.29 is 35.9 Å². The van der Waals surface area contributed by atoms with Gasteiger partial charge in [-0.1, -0.05) is 25.1 Å². The lowest BCUT2D eigenvalue weighted by Crippen LogP contribution is -2.52. The van der Waals surface area contributed by atoms with E-state index in [1.54, 1.807) is 25.1 Å². The molecule has 1 aliphatic rings. The molecule has 1 aliphatic heterocycles. The summed E-state index contributed by atoms with van der Waals surface area (Å²) >= 11 is 0. The predicted molar refractivity (Wildman–Crippen MR) is 143 cm³/mol. The van der Waals surface area contributed by atoms with E-state index >= 15 is 0 Å². The zero-order valence-electron chi connectivity index (χ0n) is 22.3. The van der Waals surface area contributed by atoms with Crippen molar-refractivity contribution in [1.82, 2.24) is 15.1 Å². The minimum atomic E-state index is -4.49. The van der Waals surface area contributed by atoms with E-state index in [1.807, 2.05) is 13.0 Å². The van der Waals surface area contributed by atoms with Crippen LogP contribution in [0.1, 0.15) is 41.0 Å². The summed E-state index contributed by atoms with van der Waals surface area (Å²) in [5.74, 6) is -2.25. The number of alkyl halides is 3. The van der Waals surface area contributed by atoms with Gasteiger partial charge in [-0.3, -0.25) is 14.3 Å². The van der Waals surface area contributed by atoms with Crippen molar-refractivity contribution in [3.05, 3.63) is 64.8 Å². The van der Waals surface area contributed by atoms with Crippen molar-refractivity contribution in [2.45, 2.75) is 38.5 Å². The van der Waals surface area contributed by atoms with Crippen LogP contribution >= 0.6 is 0 Å². The standard InChI is InChI=1S/C27H26F3N5O5S/c1-4-17-11-19(40-15-27(28,29)30)9-10-20(17)26(2)14-35-24(25(37)33-26)23(32-21(36)13-41(3,38)39)22(34-35)18-7-5-16(12-31)6-8-18/h5-11H,4,13-15H2,1-3H3,(H,32,36)(H,33,37)/t26-/m1/s1. The van der Waals surface area contributed by atoms with Gasteiger partial charge in [-0.25, -0.2) is 8.42 Å². The van der Waals surface area contributed by atoms with E-state index in [0.717, 1.165) is 6.26 Å². The lowest BCUT2D eigenvalue weighted by Gasteiger charge is -2.37. The van der Waals surface area contributed by atoms with E-state index in [-0.39, 0.29) is 29.4 Å². The molecule has 2 aromatic carbocycles. The van der Waals surface area contributed by atoms with Crippen LogP contribution < -0.4 is 15.4 Å². The average molecular weight is 590 g/mol. The topological polar surface area (TPSA) is 143 Å². The van der Waals surface area contributed by atoms with Crippen LogP contribution in [0.5, 0.6) is 5.75 Å². The molecular weight excluding hydrogens is 563 g/mol. The van der Waals surface area contributed by atoms with E-state index in [4.69, 9.17) is 10.00 Å². The molecule has 3 aromatic rings. The van der Waals surface area contributed by atoms with Gasteiger partial charge in [-0.15, -0.1) is 0 Å². The van der Waals surface area contributed by atoms with Gasteiger partial charge in [-0.05, 0) is 48.7 Å². The van der Waals surface area contributed by atoms with Crippen LogP contribution in [0.15, 0.2) is 42.5 Å². The number of halogens is 3. The fraction of sp³-hybridized carbons (Fsp3) is 0.333. The van der Waals surface area contributed by atoms with Crippen molar-refractivity contribution in [3.8, 4) is 23.1 Å². The highest BCUT2D eigenvalue weighted by Crippen LogP contribution is 2.38. The zero-order chi connectivity index (χ0) is 30.2. The highest BCUT2D eigenvalue weighted by atomic mass is 32.2. The molecule has 0 aliphatic carbocycles. The van der Waals surface area contributed by atoms with E-state index in [0.29, 0.717) is 28.7 Å². The van der Waals surface area contributed by atoms with E-state index in [9.17, 15) is 31.2 Å². The Labute approximate surface area is 234 Å². The van der Waals surface area contributed by atoms with Gasteiger partial charge in [0, 0.05) is 11.8 Å². The summed E-state index contributed by atoms with van der Waals surface area (Å²) in [5.41, 5.74) is 1.27. The van der Waals surface area contributed by atoms with Gasteiger partial charge in [0.25, 0.3) is 5.91 Å². The molecule has 0 saturated carbocycles. The molecule has 14 heteroatoms. The highest BCUT2D eigenvalue weighted by Gasteiger charge is 2.41. The number of rotatable bonds is 8. The number of anilines is 1. The van der Waals surface area contributed by atoms with Crippen LogP contribution in [0.4, 0.5) is 18.9 Å². The molecular formula is C27H26F3N5O5S. The molecule has 4 rings (SSSR count). The summed E-state index contributed by atoms with van der Waals surface area (Å²) in [6.07, 6.45) is -3.16. The second-order valence-corrected chi connectivity index (χ2v) is 12.0. The van der Waals surface area contributed by atoms with Gasteiger partial charge in [0.2, 0.25) is 5.91 Å². The molecule has 1 aromatic heterocycles. The van der Waals surface area contributed by atoms with Gasteiger partial charge in [0.05, 0.1) is 23.7 Å². The second-order valence-electron chi connectivity index (χ2n) is 9.90. The number of aromatic nitrogens is 2. The predicted octanol–water partition coefficient (Wildman–Crippen LogP) is 3.57. The third kappa shape index (κ3) is 6.68. The minimum Gasteiger partial charge on any atom is -0.484 e. The molecule has 0 saturated heterocycles. The fourth-order valence-corrected chi connectivity index (χ4v) is 5.25. The number of benzene rings is 2. The summed E-state index contributed by atoms with van der Waals surface area (Å²) in [6.45, 7) is 2.20. The summed E-state index contributed by atoms with van der Waals surface area (Å²) in [5, 5.41) is 19.2. The normalized spacial score (nSPS) is 16.9. The molecule has 41 heavy (non-hydrogen) atoms. The monoisotopic (exact) mass is 589 g/mol. The molecule has 0 fully saturated rings. The number of sulfone groups is 1. The molecule has 0 spiro atoms. The summed E-state index contributed by atoms with van der Waals surface area (Å²) < 4.78 is 67.6. The largest absolute Gasteiger partial charge is 0.484 e. The summed E-state index contributed by atoms with van der Waals surface area (Å²) in [6, 6.07) is 12.7. The minimum absolute atomic E-state index is 0.00753. The lowest BCUT2D eigenvalue weighted by atomic mass is 9.85. The number of amides is 2. The number of nitriles is 1. The number of nitrogens with one attached hydrogen (secondary N) is 2. The van der Waals surface area contributed by atoms with Gasteiger partial charge < -0.3 is 15.4 Å². The lowest BCUT2D eigenvalue weighted by molar-refractivity contribution is -0.153. The number of nitrogens with zero attached hydrogens (tertiary/aromatic N) is 3. The van der Waals surface area contributed by atoms with Crippen LogP contribution in [-0.4, -0.2) is 54.8 Å². The van der Waals surface area contributed by atoms with Gasteiger partial charge in [0.15, 0.2) is 22.1 Å². The molecule has 10 nitrogen and oxygen atoms in total. The van der Waals surface area contributed by atoms with Crippen molar-refractivity contribution in [1.29, 1.82) is 5.26 Å². The first-order valence-corrected chi connectivity index (χ1v) is 14.4. The Morgan fingerprint density at radius 2 is 1.93 bits per heavy atom. The number of carbonyl (C=O) groups excluding carboxylic acids is 2. The maximum Gasteiger partial charge on any atom is 0.422 e. The molecule has 2 heterocycles. The number of aryl methyl sites for hydroxylation is 1. The van der Waals surface area contributed by atoms with Crippen LogP contribution in [0.25, 0.3) is 11.3 Å². The van der Waals surface area contributed by atoms with Crippen LogP contribution in [0, 0.1) is 11.3 Å². The molecule has 0 radical (unpaired) electrons. The second kappa shape index (κ2) is 10.9. The van der Waals surface area contributed by atoms with Crippen LogP contribution in [0.2, 0.25) is 0 Å². The van der Waals surface area contributed by atoms with E-state index in [2.05, 4.69) is 15.7 Å². The molecule has 0 unspecified atom stereocenters. The molecule has 2 amide bonds. The van der Waals surface area contributed by atoms with Crippen molar-refractivity contribution >= 4 is 27.3 Å². The Morgan fingerprint density at radius 3 is 2.51 bits per heavy atom. The number of hydrogen-bond donors (Lipinski definition) is 2. The maximum absolute atomic E-state index is 13.6. The first kappa shape index (κ1) is 29.6. The van der Waals surface area contributed by atoms with Crippen LogP contribution in [0.3, 0.4) is 0 Å². The van der Waals surface area contributed by atoms with Crippen molar-refractivity contribution in [3.63, 3.8) is 0 Å². The molecule has 2 N–H and O–H groups in total.